The molecule has 2 aromatic rings. The summed E-state index contributed by atoms with van der Waals surface area (Å²) in [7, 11) is 0. The highest BCUT2D eigenvalue weighted by atomic mass is 16.1. The van der Waals surface area contributed by atoms with E-state index in [4.69, 9.17) is 0 Å². The van der Waals surface area contributed by atoms with Crippen LogP contribution in [0.3, 0.4) is 0 Å². The molecule has 2 bridgehead atoms. The molecule has 0 amide bonds. The maximum Gasteiger partial charge on any atom is 0.168 e. The van der Waals surface area contributed by atoms with Crippen LogP contribution in [0.25, 0.3) is 10.9 Å². The zero-order valence-corrected chi connectivity index (χ0v) is 11.8. The van der Waals surface area contributed by atoms with E-state index in [0.29, 0.717) is 17.6 Å². The second-order valence-corrected chi connectivity index (χ2v) is 6.46. The number of nitrogens with zero attached hydrogens (tertiary/aromatic N) is 1. The average Bonchev–Trinajstić information content (AvgIpc) is 3.07. The van der Waals surface area contributed by atoms with Gasteiger partial charge in [-0.3, -0.25) is 9.78 Å². The van der Waals surface area contributed by atoms with E-state index < -0.39 is 0 Å². The number of ketones is 1. The number of para-hydroxylation sites is 1. The van der Waals surface area contributed by atoms with Gasteiger partial charge in [0.1, 0.15) is 0 Å². The molecule has 2 fully saturated rings. The normalized spacial score (nSPS) is 31.9. The van der Waals surface area contributed by atoms with Crippen molar-refractivity contribution in [2.45, 2.75) is 26.2 Å². The van der Waals surface area contributed by atoms with Gasteiger partial charge >= 0.3 is 0 Å². The van der Waals surface area contributed by atoms with E-state index in [9.17, 15) is 4.79 Å². The lowest BCUT2D eigenvalue weighted by Gasteiger charge is -2.27. The molecule has 20 heavy (non-hydrogen) atoms. The predicted molar refractivity (Wildman–Crippen MR) is 79.6 cm³/mol. The molecule has 102 valence electrons. The van der Waals surface area contributed by atoms with Crippen LogP contribution in [-0.4, -0.2) is 10.8 Å². The molecule has 1 heterocycles. The van der Waals surface area contributed by atoms with Crippen LogP contribution < -0.4 is 0 Å². The van der Waals surface area contributed by atoms with Crippen molar-refractivity contribution in [2.75, 3.05) is 0 Å². The van der Waals surface area contributed by atoms with Gasteiger partial charge in [0, 0.05) is 23.1 Å². The van der Waals surface area contributed by atoms with E-state index in [1.54, 1.807) is 6.20 Å². The van der Waals surface area contributed by atoms with Gasteiger partial charge in [0.15, 0.2) is 5.78 Å². The van der Waals surface area contributed by atoms with Crippen molar-refractivity contribution in [3.05, 3.63) is 42.1 Å². The molecule has 0 aliphatic heterocycles. The van der Waals surface area contributed by atoms with Gasteiger partial charge < -0.3 is 0 Å². The van der Waals surface area contributed by atoms with Gasteiger partial charge in [-0.15, -0.1) is 0 Å². The molecule has 0 saturated heterocycles. The summed E-state index contributed by atoms with van der Waals surface area (Å²) >= 11 is 0. The number of rotatable bonds is 2. The van der Waals surface area contributed by atoms with E-state index in [1.165, 1.54) is 19.3 Å². The van der Waals surface area contributed by atoms with E-state index in [2.05, 4.69) is 11.9 Å². The van der Waals surface area contributed by atoms with Gasteiger partial charge in [0.2, 0.25) is 0 Å². The largest absolute Gasteiger partial charge is 0.294 e. The number of benzene rings is 1. The first-order chi connectivity index (χ1) is 9.75. The molecular weight excluding hydrogens is 246 g/mol. The Morgan fingerprint density at radius 1 is 1.15 bits per heavy atom. The van der Waals surface area contributed by atoms with Crippen LogP contribution in [-0.2, 0) is 0 Å². The summed E-state index contributed by atoms with van der Waals surface area (Å²) in [6, 6.07) is 9.93. The molecule has 0 spiro atoms. The fourth-order valence-electron chi connectivity index (χ4n) is 4.51. The Kier molecular flexibility index (Phi) is 2.66. The monoisotopic (exact) mass is 265 g/mol. The molecule has 0 radical (unpaired) electrons. The fraction of sp³-hybridized carbons (Fsp3) is 0.444. The lowest BCUT2D eigenvalue weighted by molar-refractivity contribution is 0.0823. The van der Waals surface area contributed by atoms with Crippen molar-refractivity contribution in [2.24, 2.45) is 23.7 Å². The summed E-state index contributed by atoms with van der Waals surface area (Å²) in [6.07, 6.45) is 5.60. The minimum atomic E-state index is 0.223. The van der Waals surface area contributed by atoms with Gasteiger partial charge in [-0.2, -0.15) is 0 Å². The van der Waals surface area contributed by atoms with Crippen LogP contribution in [0, 0.1) is 23.7 Å². The maximum absolute atomic E-state index is 13.0. The van der Waals surface area contributed by atoms with E-state index in [1.807, 2.05) is 30.3 Å². The molecule has 2 saturated carbocycles. The summed E-state index contributed by atoms with van der Waals surface area (Å²) in [5.41, 5.74) is 1.70. The first-order valence-corrected chi connectivity index (χ1v) is 7.63. The van der Waals surface area contributed by atoms with E-state index >= 15 is 0 Å². The standard InChI is InChI=1S/C18H19NO/c1-11-13-7-8-14(10-13)16(11)18(20)15-6-2-4-12-5-3-9-19-17(12)15/h2-6,9,11,13-14,16H,7-8,10H2,1H3/t11-,13+,14-,16+/m1/s1. The van der Waals surface area contributed by atoms with Crippen LogP contribution in [0.4, 0.5) is 0 Å². The van der Waals surface area contributed by atoms with Crippen molar-refractivity contribution in [3.8, 4) is 0 Å². The highest BCUT2D eigenvalue weighted by Gasteiger charge is 2.48. The second-order valence-electron chi connectivity index (χ2n) is 6.46. The number of carbonyl (C=O) groups excluding carboxylic acids is 1. The molecule has 1 aromatic heterocycles. The second kappa shape index (κ2) is 4.41. The Labute approximate surface area is 119 Å². The zero-order chi connectivity index (χ0) is 13.7. The number of carbonyl (C=O) groups is 1. The van der Waals surface area contributed by atoms with Gasteiger partial charge in [-0.25, -0.2) is 0 Å². The summed E-state index contributed by atoms with van der Waals surface area (Å²) in [4.78, 5) is 17.5. The molecule has 0 unspecified atom stereocenters. The third-order valence-corrected chi connectivity index (χ3v) is 5.53. The Hall–Kier alpha value is -1.70. The van der Waals surface area contributed by atoms with Gasteiger partial charge in [0.05, 0.1) is 5.52 Å². The molecule has 4 atom stereocenters. The quantitative estimate of drug-likeness (QED) is 0.765. The molecule has 0 N–H and O–H groups in total. The maximum atomic E-state index is 13.0. The number of hydrogen-bond donors (Lipinski definition) is 0. The fourth-order valence-corrected chi connectivity index (χ4v) is 4.51. The molecule has 1 aromatic carbocycles. The Morgan fingerprint density at radius 2 is 1.95 bits per heavy atom. The molecule has 2 heteroatoms. The van der Waals surface area contributed by atoms with Crippen molar-refractivity contribution in [1.29, 1.82) is 0 Å². The minimum Gasteiger partial charge on any atom is -0.294 e. The average molecular weight is 265 g/mol. The number of hydrogen-bond acceptors (Lipinski definition) is 2. The predicted octanol–water partition coefficient (Wildman–Crippen LogP) is 4.10. The summed E-state index contributed by atoms with van der Waals surface area (Å²) in [5.74, 6) is 2.48. The Bertz CT molecular complexity index is 671. The third-order valence-electron chi connectivity index (χ3n) is 5.53. The van der Waals surface area contributed by atoms with Gasteiger partial charge in [-0.1, -0.05) is 25.1 Å². The number of Topliss-reactive ketones (excluding diaryl/α,β-unsaturated/α-hetero) is 1. The first kappa shape index (κ1) is 12.1. The molecule has 2 aliphatic rings. The van der Waals surface area contributed by atoms with Crippen LogP contribution in [0.5, 0.6) is 0 Å². The lowest BCUT2D eigenvalue weighted by Crippen LogP contribution is -2.28. The third kappa shape index (κ3) is 1.64. The number of aromatic nitrogens is 1. The summed E-state index contributed by atoms with van der Waals surface area (Å²) < 4.78 is 0. The number of fused-ring (bicyclic) bond motifs is 3. The Morgan fingerprint density at radius 3 is 2.75 bits per heavy atom. The van der Waals surface area contributed by atoms with Crippen LogP contribution in [0.1, 0.15) is 36.5 Å². The smallest absolute Gasteiger partial charge is 0.168 e. The number of pyridine rings is 1. The van der Waals surface area contributed by atoms with E-state index in [0.717, 1.165) is 22.4 Å². The molecular formula is C18H19NO. The highest BCUT2D eigenvalue weighted by Crippen LogP contribution is 2.53. The van der Waals surface area contributed by atoms with Crippen molar-refractivity contribution in [3.63, 3.8) is 0 Å². The first-order valence-electron chi connectivity index (χ1n) is 7.63. The van der Waals surface area contributed by atoms with Crippen molar-refractivity contribution >= 4 is 16.7 Å². The van der Waals surface area contributed by atoms with Crippen molar-refractivity contribution in [1.82, 2.24) is 4.98 Å². The molecule has 2 nitrogen and oxygen atoms in total. The van der Waals surface area contributed by atoms with Gasteiger partial charge in [-0.05, 0) is 49.1 Å². The highest BCUT2D eigenvalue weighted by molar-refractivity contribution is 6.08. The minimum absolute atomic E-state index is 0.223. The summed E-state index contributed by atoms with van der Waals surface area (Å²) in [5, 5.41) is 1.06. The SMILES string of the molecule is C[C@@H]1[C@H]2CC[C@H](C2)[C@H]1C(=O)c1cccc2cccnc12. The van der Waals surface area contributed by atoms with Crippen molar-refractivity contribution < 1.29 is 4.79 Å². The zero-order valence-electron chi connectivity index (χ0n) is 11.8. The Balaban J connectivity index is 1.78. The summed E-state index contributed by atoms with van der Waals surface area (Å²) in [6.45, 7) is 2.27. The lowest BCUT2D eigenvalue weighted by atomic mass is 9.76. The van der Waals surface area contributed by atoms with Crippen LogP contribution >= 0.6 is 0 Å². The molecule has 4 rings (SSSR count). The van der Waals surface area contributed by atoms with Gasteiger partial charge in [0.25, 0.3) is 0 Å². The molecule has 2 aliphatic carbocycles. The van der Waals surface area contributed by atoms with Crippen LogP contribution in [0.2, 0.25) is 0 Å². The van der Waals surface area contributed by atoms with E-state index in [-0.39, 0.29) is 5.92 Å². The van der Waals surface area contributed by atoms with Crippen LogP contribution in [0.15, 0.2) is 36.5 Å². The topological polar surface area (TPSA) is 30.0 Å².